The summed E-state index contributed by atoms with van der Waals surface area (Å²) in [6.45, 7) is 0. The van der Waals surface area contributed by atoms with Gasteiger partial charge in [0.05, 0.1) is 5.41 Å². The van der Waals surface area contributed by atoms with Crippen molar-refractivity contribution in [3.8, 4) is 22.6 Å². The minimum Gasteiger partial charge on any atom is -0.428 e. The molecule has 0 radical (unpaired) electrons. The van der Waals surface area contributed by atoms with Crippen molar-refractivity contribution in [2.24, 2.45) is 0 Å². The first-order valence-electron chi connectivity index (χ1n) is 15.9. The number of ketones is 1. The lowest BCUT2D eigenvalue weighted by Crippen LogP contribution is -2.28. The SMILES string of the molecule is CN(C)c1ccc(C=CC=CC(=O)c2ccc3c(c2)C(c2ccc(OC(F)=C(F)F)cc2)(c2ccc(OC(F)=C(F)F)cc2)c2ccccc2-3)cc1. The summed E-state index contributed by atoms with van der Waals surface area (Å²) in [5, 5.41) is 0. The topological polar surface area (TPSA) is 38.8 Å². The second kappa shape index (κ2) is 14.9. The smallest absolute Gasteiger partial charge is 0.344 e. The van der Waals surface area contributed by atoms with Gasteiger partial charge < -0.3 is 14.4 Å². The maximum atomic E-state index is 13.7. The van der Waals surface area contributed by atoms with Gasteiger partial charge in [-0.25, -0.2) is 0 Å². The van der Waals surface area contributed by atoms with Crippen molar-refractivity contribution in [3.63, 3.8) is 0 Å². The third kappa shape index (κ3) is 7.00. The summed E-state index contributed by atoms with van der Waals surface area (Å²) in [7, 11) is 3.91. The van der Waals surface area contributed by atoms with Gasteiger partial charge in [0.1, 0.15) is 11.5 Å². The van der Waals surface area contributed by atoms with Gasteiger partial charge in [-0.2, -0.15) is 26.3 Å². The summed E-state index contributed by atoms with van der Waals surface area (Å²) in [6.07, 6.45) is 1.52. The number of allylic oxidation sites excluding steroid dienone is 3. The quantitative estimate of drug-likeness (QED) is 0.0441. The number of ether oxygens (including phenoxy) is 2. The molecule has 0 N–H and O–H groups in total. The second-order valence-electron chi connectivity index (χ2n) is 11.9. The van der Waals surface area contributed by atoms with Crippen molar-refractivity contribution < 1.29 is 40.6 Å². The Bertz CT molecular complexity index is 2160. The van der Waals surface area contributed by atoms with Gasteiger partial charge in [0.15, 0.2) is 5.78 Å². The molecular formula is C42H29F6NO3. The summed E-state index contributed by atoms with van der Waals surface area (Å²) >= 11 is 0. The van der Waals surface area contributed by atoms with Crippen LogP contribution in [0, 0.1) is 0 Å². The van der Waals surface area contributed by atoms with Gasteiger partial charge >= 0.3 is 24.2 Å². The van der Waals surface area contributed by atoms with E-state index in [1.165, 1.54) is 30.3 Å². The zero-order chi connectivity index (χ0) is 37.0. The molecule has 4 nitrogen and oxygen atoms in total. The van der Waals surface area contributed by atoms with Crippen LogP contribution in [0.1, 0.15) is 38.2 Å². The number of halogens is 6. The summed E-state index contributed by atoms with van der Waals surface area (Å²) in [6, 6.07) is 28.3. The van der Waals surface area contributed by atoms with Crippen LogP contribution in [0.5, 0.6) is 11.5 Å². The fourth-order valence-corrected chi connectivity index (χ4v) is 6.34. The zero-order valence-electron chi connectivity index (χ0n) is 27.7. The van der Waals surface area contributed by atoms with Crippen LogP contribution in [-0.4, -0.2) is 19.9 Å². The molecule has 0 saturated carbocycles. The van der Waals surface area contributed by atoms with E-state index in [2.05, 4.69) is 9.47 Å². The molecule has 0 amide bonds. The first-order valence-corrected chi connectivity index (χ1v) is 15.9. The monoisotopic (exact) mass is 709 g/mol. The van der Waals surface area contributed by atoms with Gasteiger partial charge in [0.25, 0.3) is 0 Å². The Labute approximate surface area is 295 Å². The maximum Gasteiger partial charge on any atom is 0.344 e. The van der Waals surface area contributed by atoms with E-state index < -0.39 is 29.6 Å². The molecule has 0 spiro atoms. The van der Waals surface area contributed by atoms with Crippen molar-refractivity contribution in [1.29, 1.82) is 0 Å². The fraction of sp³-hybridized carbons (Fsp3) is 0.0714. The molecule has 0 saturated heterocycles. The third-order valence-corrected chi connectivity index (χ3v) is 8.67. The molecule has 262 valence electrons. The molecule has 0 atom stereocenters. The lowest BCUT2D eigenvalue weighted by atomic mass is 9.67. The minimum absolute atomic E-state index is 0.189. The normalized spacial score (nSPS) is 12.7. The molecule has 0 heterocycles. The number of hydrogen-bond acceptors (Lipinski definition) is 4. The molecule has 0 unspecified atom stereocenters. The minimum atomic E-state index is -2.61. The number of rotatable bonds is 11. The van der Waals surface area contributed by atoms with E-state index in [9.17, 15) is 31.1 Å². The molecule has 0 aromatic heterocycles. The highest BCUT2D eigenvalue weighted by molar-refractivity contribution is 6.06. The van der Waals surface area contributed by atoms with E-state index in [1.807, 2.05) is 79.7 Å². The van der Waals surface area contributed by atoms with Crippen molar-refractivity contribution in [3.05, 3.63) is 191 Å². The van der Waals surface area contributed by atoms with Gasteiger partial charge in [0.2, 0.25) is 0 Å². The molecule has 6 rings (SSSR count). The van der Waals surface area contributed by atoms with Gasteiger partial charge in [-0.05, 0) is 87.5 Å². The van der Waals surface area contributed by atoms with Crippen molar-refractivity contribution >= 4 is 17.5 Å². The van der Waals surface area contributed by atoms with Crippen molar-refractivity contribution in [2.45, 2.75) is 5.41 Å². The number of fused-ring (bicyclic) bond motifs is 3. The van der Waals surface area contributed by atoms with E-state index in [1.54, 1.807) is 48.6 Å². The average Bonchev–Trinajstić information content (AvgIpc) is 3.44. The van der Waals surface area contributed by atoms with Gasteiger partial charge in [-0.1, -0.05) is 91.0 Å². The van der Waals surface area contributed by atoms with Crippen LogP contribution in [0.25, 0.3) is 17.2 Å². The molecule has 1 aliphatic carbocycles. The highest BCUT2D eigenvalue weighted by Crippen LogP contribution is 2.56. The Morgan fingerprint density at radius 2 is 1.15 bits per heavy atom. The molecule has 0 fully saturated rings. The van der Waals surface area contributed by atoms with Crippen LogP contribution in [0.3, 0.4) is 0 Å². The summed E-state index contributed by atoms with van der Waals surface area (Å²) < 4.78 is 87.8. The molecule has 0 bridgehead atoms. The number of nitrogens with zero attached hydrogens (tertiary/aromatic N) is 1. The van der Waals surface area contributed by atoms with E-state index in [0.29, 0.717) is 22.3 Å². The molecule has 5 aromatic carbocycles. The van der Waals surface area contributed by atoms with Crippen molar-refractivity contribution in [1.82, 2.24) is 0 Å². The third-order valence-electron chi connectivity index (χ3n) is 8.67. The van der Waals surface area contributed by atoms with E-state index in [-0.39, 0.29) is 17.3 Å². The van der Waals surface area contributed by atoms with Gasteiger partial charge in [-0.3, -0.25) is 4.79 Å². The van der Waals surface area contributed by atoms with Crippen LogP contribution in [0.15, 0.2) is 158 Å². The Morgan fingerprint density at radius 1 is 0.615 bits per heavy atom. The molecule has 52 heavy (non-hydrogen) atoms. The molecule has 5 aromatic rings. The van der Waals surface area contributed by atoms with Crippen LogP contribution in [-0.2, 0) is 5.41 Å². The fourth-order valence-electron chi connectivity index (χ4n) is 6.34. The first-order chi connectivity index (χ1) is 25.0. The lowest BCUT2D eigenvalue weighted by molar-refractivity contribution is 0.104. The van der Waals surface area contributed by atoms with Crippen LogP contribution in [0.4, 0.5) is 32.0 Å². The largest absolute Gasteiger partial charge is 0.428 e. The van der Waals surface area contributed by atoms with Crippen LogP contribution >= 0.6 is 0 Å². The Morgan fingerprint density at radius 3 is 1.69 bits per heavy atom. The Hall–Kier alpha value is -6.29. The average molecular weight is 710 g/mol. The summed E-state index contributed by atoms with van der Waals surface area (Å²) in [5.74, 6) is -0.657. The highest BCUT2D eigenvalue weighted by atomic mass is 19.3. The lowest BCUT2D eigenvalue weighted by Gasteiger charge is -2.34. The first kappa shape index (κ1) is 35.5. The summed E-state index contributed by atoms with van der Waals surface area (Å²) in [4.78, 5) is 15.6. The Kier molecular flexibility index (Phi) is 10.2. The van der Waals surface area contributed by atoms with E-state index in [0.717, 1.165) is 27.9 Å². The maximum absolute atomic E-state index is 13.7. The molecular weight excluding hydrogens is 680 g/mol. The van der Waals surface area contributed by atoms with E-state index in [4.69, 9.17) is 0 Å². The molecule has 0 aliphatic heterocycles. The molecule has 10 heteroatoms. The number of benzene rings is 5. The van der Waals surface area contributed by atoms with Crippen molar-refractivity contribution in [2.75, 3.05) is 19.0 Å². The number of carbonyl (C=O) groups is 1. The number of carbonyl (C=O) groups excluding carboxylic acids is 1. The Balaban J connectivity index is 1.44. The van der Waals surface area contributed by atoms with E-state index >= 15 is 0 Å². The van der Waals surface area contributed by atoms with Crippen LogP contribution < -0.4 is 14.4 Å². The predicted octanol–water partition coefficient (Wildman–Crippen LogP) is 11.4. The second-order valence-corrected chi connectivity index (χ2v) is 11.9. The molecule has 1 aliphatic rings. The predicted molar refractivity (Wildman–Crippen MR) is 189 cm³/mol. The van der Waals surface area contributed by atoms with Gasteiger partial charge in [-0.15, -0.1) is 0 Å². The number of anilines is 1. The van der Waals surface area contributed by atoms with Crippen LogP contribution in [0.2, 0.25) is 0 Å². The number of hydrogen-bond donors (Lipinski definition) is 0. The standard InChI is InChI=1S/C42H29F6NO3/c1-49(2)30-18-11-26(12-19-30)7-3-6-10-37(50)27-13-24-34-33-8-4-5-9-35(33)42(36(34)25-27,28-14-20-31(21-15-28)51-40(47)38(43)44)29-16-22-32(23-17-29)52-41(48)39(45)46/h3-25H,1-2H3. The summed E-state index contributed by atoms with van der Waals surface area (Å²) in [5.41, 5.74) is 5.43. The zero-order valence-corrected chi connectivity index (χ0v) is 27.7. The van der Waals surface area contributed by atoms with Gasteiger partial charge in [0, 0.05) is 25.3 Å². The highest BCUT2D eigenvalue weighted by Gasteiger charge is 2.46.